The molecule has 0 aliphatic rings. The molecule has 0 radical (unpaired) electrons. The molecule has 0 saturated carbocycles. The fraction of sp³-hybridized carbons (Fsp3) is 0.167. The Hall–Kier alpha value is -2.08. The van der Waals surface area contributed by atoms with Gasteiger partial charge in [0.1, 0.15) is 0 Å². The number of ether oxygens (including phenoxy) is 1. The molecular formula is C18H14Cl3NO4. The van der Waals surface area contributed by atoms with Gasteiger partial charge in [-0.1, -0.05) is 65.1 Å². The van der Waals surface area contributed by atoms with Crippen LogP contribution in [0, 0.1) is 0 Å². The summed E-state index contributed by atoms with van der Waals surface area (Å²) in [5, 5.41) is 3.15. The molecule has 1 N–H and O–H groups in total. The van der Waals surface area contributed by atoms with Crippen molar-refractivity contribution in [1.29, 1.82) is 0 Å². The average Bonchev–Trinajstić information content (AvgIpc) is 2.63. The van der Waals surface area contributed by atoms with Gasteiger partial charge in [-0.05, 0) is 12.1 Å². The van der Waals surface area contributed by atoms with E-state index in [0.29, 0.717) is 5.56 Å². The number of carbonyl (C=O) groups excluding carboxylic acids is 3. The number of nitrogens with one attached hydrogen (secondary N) is 1. The number of esters is 1. The van der Waals surface area contributed by atoms with Crippen molar-refractivity contribution in [3.63, 3.8) is 0 Å². The van der Waals surface area contributed by atoms with Gasteiger partial charge in [-0.2, -0.15) is 0 Å². The highest BCUT2D eigenvalue weighted by Crippen LogP contribution is 2.32. The molecule has 0 bridgehead atoms. The summed E-state index contributed by atoms with van der Waals surface area (Å²) in [6, 6.07) is 11.4. The Morgan fingerprint density at radius 3 is 2.23 bits per heavy atom. The first-order chi connectivity index (χ1) is 12.4. The van der Waals surface area contributed by atoms with Crippen LogP contribution in [0.5, 0.6) is 0 Å². The predicted molar refractivity (Wildman–Crippen MR) is 101 cm³/mol. The standard InChI is InChI=1S/C18H14Cl3NO4/c19-12-8-14(21)15(9-13(12)20)22-17(24)10-26-18(25)7-6-16(23)11-4-2-1-3-5-11/h1-5,8-9H,6-7,10H2,(H,22,24). The Bertz CT molecular complexity index is 825. The zero-order valence-corrected chi connectivity index (χ0v) is 15.7. The summed E-state index contributed by atoms with van der Waals surface area (Å²) in [7, 11) is 0. The van der Waals surface area contributed by atoms with Gasteiger partial charge >= 0.3 is 5.97 Å². The van der Waals surface area contributed by atoms with Crippen molar-refractivity contribution in [1.82, 2.24) is 0 Å². The minimum absolute atomic E-state index is 0.00306. The molecule has 0 aliphatic carbocycles. The van der Waals surface area contributed by atoms with Crippen molar-refractivity contribution < 1.29 is 19.1 Å². The number of carbonyl (C=O) groups is 3. The van der Waals surface area contributed by atoms with E-state index in [1.165, 1.54) is 12.1 Å². The number of anilines is 1. The van der Waals surface area contributed by atoms with E-state index in [1.807, 2.05) is 0 Å². The largest absolute Gasteiger partial charge is 0.456 e. The number of ketones is 1. The van der Waals surface area contributed by atoms with Gasteiger partial charge in [-0.15, -0.1) is 0 Å². The number of hydrogen-bond donors (Lipinski definition) is 1. The molecule has 26 heavy (non-hydrogen) atoms. The second-order valence-electron chi connectivity index (χ2n) is 5.24. The monoisotopic (exact) mass is 413 g/mol. The number of hydrogen-bond acceptors (Lipinski definition) is 4. The lowest BCUT2D eigenvalue weighted by molar-refractivity contribution is -0.147. The van der Waals surface area contributed by atoms with Crippen LogP contribution in [-0.4, -0.2) is 24.3 Å². The van der Waals surface area contributed by atoms with Crippen LogP contribution in [0.4, 0.5) is 5.69 Å². The van der Waals surface area contributed by atoms with Crippen LogP contribution >= 0.6 is 34.8 Å². The number of benzene rings is 2. The van der Waals surface area contributed by atoms with Gasteiger partial charge in [0.25, 0.3) is 5.91 Å². The van der Waals surface area contributed by atoms with Crippen molar-refractivity contribution >= 4 is 58.1 Å². The van der Waals surface area contributed by atoms with E-state index in [0.717, 1.165) is 0 Å². The zero-order valence-electron chi connectivity index (χ0n) is 13.4. The van der Waals surface area contributed by atoms with Crippen LogP contribution in [0.3, 0.4) is 0 Å². The molecule has 0 fully saturated rings. The maximum atomic E-state index is 11.9. The van der Waals surface area contributed by atoms with Gasteiger partial charge in [0.05, 0.1) is 27.2 Å². The Morgan fingerprint density at radius 1 is 0.885 bits per heavy atom. The van der Waals surface area contributed by atoms with Crippen molar-refractivity contribution in [3.05, 3.63) is 63.1 Å². The summed E-state index contributed by atoms with van der Waals surface area (Å²) in [6.07, 6.45) is -0.113. The van der Waals surface area contributed by atoms with Crippen LogP contribution in [-0.2, 0) is 14.3 Å². The van der Waals surface area contributed by atoms with E-state index in [9.17, 15) is 14.4 Å². The Labute approximate surface area is 165 Å². The maximum absolute atomic E-state index is 11.9. The van der Waals surface area contributed by atoms with Gasteiger partial charge in [0.15, 0.2) is 12.4 Å². The molecule has 8 heteroatoms. The molecule has 0 saturated heterocycles. The molecule has 1 amide bonds. The first kappa shape index (κ1) is 20.2. The Morgan fingerprint density at radius 2 is 1.54 bits per heavy atom. The second-order valence-corrected chi connectivity index (χ2v) is 6.47. The number of halogens is 3. The summed E-state index contributed by atoms with van der Waals surface area (Å²) in [6.45, 7) is -0.505. The summed E-state index contributed by atoms with van der Waals surface area (Å²) >= 11 is 17.6. The van der Waals surface area contributed by atoms with E-state index >= 15 is 0 Å². The van der Waals surface area contributed by atoms with Gasteiger partial charge in [0.2, 0.25) is 0 Å². The van der Waals surface area contributed by atoms with Gasteiger partial charge in [-0.3, -0.25) is 14.4 Å². The minimum Gasteiger partial charge on any atom is -0.456 e. The molecule has 0 unspecified atom stereocenters. The van der Waals surface area contributed by atoms with Gasteiger partial charge < -0.3 is 10.1 Å². The quantitative estimate of drug-likeness (QED) is 0.401. The highest BCUT2D eigenvalue weighted by Gasteiger charge is 2.13. The van der Waals surface area contributed by atoms with Crippen LogP contribution < -0.4 is 5.32 Å². The summed E-state index contributed by atoms with van der Waals surface area (Å²) in [5.74, 6) is -1.41. The molecular weight excluding hydrogens is 401 g/mol. The summed E-state index contributed by atoms with van der Waals surface area (Å²) in [5.41, 5.74) is 0.772. The molecule has 5 nitrogen and oxygen atoms in total. The fourth-order valence-electron chi connectivity index (χ4n) is 2.01. The van der Waals surface area contributed by atoms with Crippen molar-refractivity contribution in [2.45, 2.75) is 12.8 Å². The molecule has 0 heterocycles. The lowest BCUT2D eigenvalue weighted by Gasteiger charge is -2.09. The molecule has 0 spiro atoms. The molecule has 2 rings (SSSR count). The highest BCUT2D eigenvalue weighted by molar-refractivity contribution is 6.44. The molecule has 0 atom stereocenters. The molecule has 2 aromatic rings. The fourth-order valence-corrected chi connectivity index (χ4v) is 2.60. The zero-order chi connectivity index (χ0) is 19.1. The van der Waals surface area contributed by atoms with E-state index in [1.54, 1.807) is 30.3 Å². The highest BCUT2D eigenvalue weighted by atomic mass is 35.5. The minimum atomic E-state index is -0.648. The molecule has 2 aromatic carbocycles. The Kier molecular flexibility index (Phi) is 7.45. The van der Waals surface area contributed by atoms with E-state index in [2.05, 4.69) is 5.32 Å². The second kappa shape index (κ2) is 9.57. The lowest BCUT2D eigenvalue weighted by atomic mass is 10.1. The number of amides is 1. The van der Waals surface area contributed by atoms with Crippen LogP contribution in [0.25, 0.3) is 0 Å². The molecule has 136 valence electrons. The van der Waals surface area contributed by atoms with Crippen LogP contribution in [0.1, 0.15) is 23.2 Å². The third-order valence-electron chi connectivity index (χ3n) is 3.30. The molecule has 0 aromatic heterocycles. The van der Waals surface area contributed by atoms with Gasteiger partial charge in [0, 0.05) is 12.0 Å². The van der Waals surface area contributed by atoms with E-state index in [-0.39, 0.29) is 39.4 Å². The summed E-state index contributed by atoms with van der Waals surface area (Å²) < 4.78 is 4.85. The van der Waals surface area contributed by atoms with Crippen LogP contribution in [0.15, 0.2) is 42.5 Å². The van der Waals surface area contributed by atoms with Crippen molar-refractivity contribution in [2.24, 2.45) is 0 Å². The van der Waals surface area contributed by atoms with Crippen LogP contribution in [0.2, 0.25) is 15.1 Å². The third-order valence-corrected chi connectivity index (χ3v) is 4.34. The van der Waals surface area contributed by atoms with Crippen molar-refractivity contribution in [3.8, 4) is 0 Å². The predicted octanol–water partition coefficient (Wildman–Crippen LogP) is 4.79. The maximum Gasteiger partial charge on any atom is 0.306 e. The first-order valence-corrected chi connectivity index (χ1v) is 8.68. The Balaban J connectivity index is 1.77. The van der Waals surface area contributed by atoms with E-state index in [4.69, 9.17) is 39.5 Å². The normalized spacial score (nSPS) is 10.3. The number of rotatable bonds is 7. The molecule has 0 aliphatic heterocycles. The SMILES string of the molecule is O=C(COC(=O)CCC(=O)c1ccccc1)Nc1cc(Cl)c(Cl)cc1Cl. The number of Topliss-reactive ketones (excluding diaryl/α,β-unsaturated/α-hetero) is 1. The smallest absolute Gasteiger partial charge is 0.306 e. The lowest BCUT2D eigenvalue weighted by Crippen LogP contribution is -2.21. The first-order valence-electron chi connectivity index (χ1n) is 7.55. The summed E-state index contributed by atoms with van der Waals surface area (Å²) in [4.78, 5) is 35.4. The van der Waals surface area contributed by atoms with E-state index < -0.39 is 18.5 Å². The topological polar surface area (TPSA) is 72.5 Å². The van der Waals surface area contributed by atoms with Gasteiger partial charge in [-0.25, -0.2) is 0 Å². The van der Waals surface area contributed by atoms with Crippen molar-refractivity contribution in [2.75, 3.05) is 11.9 Å². The average molecular weight is 415 g/mol. The third kappa shape index (κ3) is 6.02.